The van der Waals surface area contributed by atoms with Crippen LogP contribution in [0.2, 0.25) is 0 Å². The lowest BCUT2D eigenvalue weighted by molar-refractivity contribution is -0.116. The summed E-state index contributed by atoms with van der Waals surface area (Å²) < 4.78 is 0. The summed E-state index contributed by atoms with van der Waals surface area (Å²) in [6.45, 7) is 6.07. The van der Waals surface area contributed by atoms with Gasteiger partial charge in [0.2, 0.25) is 11.9 Å². The SMILES string of the molecule is Cc1cnc(NC(C)CC(=O)Nc2cccc(N3CCCC3)c2)nc1. The number of benzene rings is 1. The summed E-state index contributed by atoms with van der Waals surface area (Å²) in [5.41, 5.74) is 3.02. The molecule has 25 heavy (non-hydrogen) atoms. The van der Waals surface area contributed by atoms with Crippen LogP contribution in [0.5, 0.6) is 0 Å². The summed E-state index contributed by atoms with van der Waals surface area (Å²) in [4.78, 5) is 23.1. The molecular weight excluding hydrogens is 314 g/mol. The Hall–Kier alpha value is -2.63. The Morgan fingerprint density at radius 2 is 1.96 bits per heavy atom. The second-order valence-electron chi connectivity index (χ2n) is 6.63. The predicted octanol–water partition coefficient (Wildman–Crippen LogP) is 3.21. The van der Waals surface area contributed by atoms with Crippen LogP contribution in [0.4, 0.5) is 17.3 Å². The van der Waals surface area contributed by atoms with E-state index < -0.39 is 0 Å². The maximum absolute atomic E-state index is 12.3. The number of hydrogen-bond donors (Lipinski definition) is 2. The van der Waals surface area contributed by atoms with Gasteiger partial charge in [-0.05, 0) is 50.5 Å². The summed E-state index contributed by atoms with van der Waals surface area (Å²) >= 11 is 0. The molecule has 1 fully saturated rings. The van der Waals surface area contributed by atoms with Crippen molar-refractivity contribution in [1.82, 2.24) is 9.97 Å². The van der Waals surface area contributed by atoms with Gasteiger partial charge in [0.25, 0.3) is 0 Å². The van der Waals surface area contributed by atoms with Gasteiger partial charge in [-0.1, -0.05) is 6.07 Å². The topological polar surface area (TPSA) is 70.2 Å². The van der Waals surface area contributed by atoms with E-state index in [2.05, 4.69) is 31.6 Å². The van der Waals surface area contributed by atoms with Gasteiger partial charge in [0, 0.05) is 49.3 Å². The van der Waals surface area contributed by atoms with E-state index in [0.29, 0.717) is 12.4 Å². The van der Waals surface area contributed by atoms with Crippen molar-refractivity contribution in [2.45, 2.75) is 39.2 Å². The third kappa shape index (κ3) is 4.92. The van der Waals surface area contributed by atoms with E-state index in [1.807, 2.05) is 32.0 Å². The van der Waals surface area contributed by atoms with Crippen LogP contribution >= 0.6 is 0 Å². The van der Waals surface area contributed by atoms with Crippen LogP contribution in [0.1, 0.15) is 31.7 Å². The van der Waals surface area contributed by atoms with E-state index in [1.165, 1.54) is 18.5 Å². The van der Waals surface area contributed by atoms with E-state index >= 15 is 0 Å². The third-order valence-electron chi connectivity index (χ3n) is 4.25. The summed E-state index contributed by atoms with van der Waals surface area (Å²) in [5, 5.41) is 6.14. The Labute approximate surface area is 148 Å². The van der Waals surface area contributed by atoms with E-state index in [4.69, 9.17) is 0 Å². The average molecular weight is 339 g/mol. The molecule has 6 heteroatoms. The maximum atomic E-state index is 12.3. The van der Waals surface area contributed by atoms with Crippen molar-refractivity contribution in [3.63, 3.8) is 0 Å². The number of carbonyl (C=O) groups excluding carboxylic acids is 1. The monoisotopic (exact) mass is 339 g/mol. The highest BCUT2D eigenvalue weighted by atomic mass is 16.1. The molecule has 6 nitrogen and oxygen atoms in total. The second kappa shape index (κ2) is 7.96. The number of hydrogen-bond acceptors (Lipinski definition) is 5. The summed E-state index contributed by atoms with van der Waals surface area (Å²) in [6.07, 6.45) is 6.34. The second-order valence-corrected chi connectivity index (χ2v) is 6.63. The number of carbonyl (C=O) groups is 1. The van der Waals surface area contributed by atoms with Crippen molar-refractivity contribution >= 4 is 23.2 Å². The lowest BCUT2D eigenvalue weighted by Crippen LogP contribution is -2.25. The highest BCUT2D eigenvalue weighted by Gasteiger charge is 2.14. The molecular formula is C19H25N5O. The van der Waals surface area contributed by atoms with Crippen LogP contribution in [-0.4, -0.2) is 35.0 Å². The molecule has 0 radical (unpaired) electrons. The van der Waals surface area contributed by atoms with E-state index in [9.17, 15) is 4.79 Å². The van der Waals surface area contributed by atoms with Gasteiger partial charge in [-0.15, -0.1) is 0 Å². The van der Waals surface area contributed by atoms with Crippen molar-refractivity contribution < 1.29 is 4.79 Å². The minimum Gasteiger partial charge on any atom is -0.371 e. The van der Waals surface area contributed by atoms with E-state index in [1.54, 1.807) is 12.4 Å². The lowest BCUT2D eigenvalue weighted by Gasteiger charge is -2.19. The summed E-state index contributed by atoms with van der Waals surface area (Å²) in [7, 11) is 0. The molecule has 3 rings (SSSR count). The van der Waals surface area contributed by atoms with Crippen LogP contribution < -0.4 is 15.5 Å². The lowest BCUT2D eigenvalue weighted by atomic mass is 10.2. The molecule has 1 unspecified atom stereocenters. The van der Waals surface area contributed by atoms with Crippen LogP contribution in [-0.2, 0) is 4.79 Å². The molecule has 2 aromatic rings. The van der Waals surface area contributed by atoms with Crippen molar-refractivity contribution in [2.75, 3.05) is 28.6 Å². The quantitative estimate of drug-likeness (QED) is 0.846. The molecule has 1 amide bonds. The average Bonchev–Trinajstić information content (AvgIpc) is 3.11. The smallest absolute Gasteiger partial charge is 0.226 e. The Kier molecular flexibility index (Phi) is 5.48. The van der Waals surface area contributed by atoms with Gasteiger partial charge in [0.05, 0.1) is 0 Å². The highest BCUT2D eigenvalue weighted by Crippen LogP contribution is 2.23. The number of aromatic nitrogens is 2. The molecule has 1 aliphatic heterocycles. The number of amides is 1. The Bertz CT molecular complexity index is 710. The molecule has 0 aliphatic carbocycles. The molecule has 2 heterocycles. The zero-order valence-corrected chi connectivity index (χ0v) is 14.8. The number of nitrogens with zero attached hydrogens (tertiary/aromatic N) is 3. The molecule has 1 aromatic heterocycles. The maximum Gasteiger partial charge on any atom is 0.226 e. The van der Waals surface area contributed by atoms with Gasteiger partial charge in [0.1, 0.15) is 0 Å². The molecule has 0 saturated carbocycles. The Morgan fingerprint density at radius 3 is 2.68 bits per heavy atom. The fraction of sp³-hybridized carbons (Fsp3) is 0.421. The van der Waals surface area contributed by atoms with Crippen LogP contribution in [0.15, 0.2) is 36.7 Å². The molecule has 1 aromatic carbocycles. The van der Waals surface area contributed by atoms with Crippen molar-refractivity contribution in [3.05, 3.63) is 42.2 Å². The first-order chi connectivity index (χ1) is 12.1. The van der Waals surface area contributed by atoms with Crippen LogP contribution in [0, 0.1) is 6.92 Å². The van der Waals surface area contributed by atoms with Crippen LogP contribution in [0.25, 0.3) is 0 Å². The zero-order valence-electron chi connectivity index (χ0n) is 14.8. The first-order valence-electron chi connectivity index (χ1n) is 8.80. The van der Waals surface area contributed by atoms with Gasteiger partial charge in [-0.25, -0.2) is 9.97 Å². The van der Waals surface area contributed by atoms with Gasteiger partial charge in [0.15, 0.2) is 0 Å². The minimum absolute atomic E-state index is 0.0225. The molecule has 0 spiro atoms. The minimum atomic E-state index is -0.0514. The third-order valence-corrected chi connectivity index (χ3v) is 4.25. The molecule has 1 aliphatic rings. The summed E-state index contributed by atoms with van der Waals surface area (Å²) in [5.74, 6) is 0.521. The molecule has 2 N–H and O–H groups in total. The predicted molar refractivity (Wildman–Crippen MR) is 101 cm³/mol. The fourth-order valence-electron chi connectivity index (χ4n) is 2.98. The largest absolute Gasteiger partial charge is 0.371 e. The Balaban J connectivity index is 1.53. The molecule has 0 bridgehead atoms. The number of anilines is 3. The molecule has 1 atom stereocenters. The van der Waals surface area contributed by atoms with Crippen LogP contribution in [0.3, 0.4) is 0 Å². The fourth-order valence-corrected chi connectivity index (χ4v) is 2.98. The van der Waals surface area contributed by atoms with Crippen molar-refractivity contribution in [1.29, 1.82) is 0 Å². The zero-order chi connectivity index (χ0) is 17.6. The van der Waals surface area contributed by atoms with E-state index in [0.717, 1.165) is 24.3 Å². The molecule has 1 saturated heterocycles. The molecule has 132 valence electrons. The van der Waals surface area contributed by atoms with E-state index in [-0.39, 0.29) is 11.9 Å². The normalized spacial score (nSPS) is 15.0. The van der Waals surface area contributed by atoms with Gasteiger partial charge in [-0.3, -0.25) is 4.79 Å². The van der Waals surface area contributed by atoms with Crippen molar-refractivity contribution in [3.8, 4) is 0 Å². The van der Waals surface area contributed by atoms with Crippen molar-refractivity contribution in [2.24, 2.45) is 0 Å². The number of nitrogens with one attached hydrogen (secondary N) is 2. The van der Waals surface area contributed by atoms with Gasteiger partial charge >= 0.3 is 0 Å². The van der Waals surface area contributed by atoms with Gasteiger partial charge in [-0.2, -0.15) is 0 Å². The Morgan fingerprint density at radius 1 is 1.24 bits per heavy atom. The standard InChI is InChI=1S/C19H25N5O/c1-14-12-20-19(21-13-14)22-15(2)10-18(25)23-16-6-5-7-17(11-16)24-8-3-4-9-24/h5-7,11-13,15H,3-4,8-10H2,1-2H3,(H,23,25)(H,20,21,22). The first kappa shape index (κ1) is 17.2. The summed E-state index contributed by atoms with van der Waals surface area (Å²) in [6, 6.07) is 8.01. The highest BCUT2D eigenvalue weighted by molar-refractivity contribution is 5.91. The number of rotatable bonds is 6. The first-order valence-corrected chi connectivity index (χ1v) is 8.80. The number of aryl methyl sites for hydroxylation is 1. The van der Waals surface area contributed by atoms with Gasteiger partial charge < -0.3 is 15.5 Å².